The van der Waals surface area contributed by atoms with Crippen LogP contribution < -0.4 is 10.1 Å². The van der Waals surface area contributed by atoms with Crippen LogP contribution in [0.3, 0.4) is 0 Å². The topological polar surface area (TPSA) is 67.3 Å². The molecule has 6 nitrogen and oxygen atoms in total. The minimum absolute atomic E-state index is 0.0637. The maximum absolute atomic E-state index is 12.3. The van der Waals surface area contributed by atoms with Crippen LogP contribution in [-0.4, -0.2) is 45.7 Å². The van der Waals surface area contributed by atoms with Gasteiger partial charge in [-0.3, -0.25) is 4.79 Å². The summed E-state index contributed by atoms with van der Waals surface area (Å²) >= 11 is 1.18. The second-order valence-electron chi connectivity index (χ2n) is 5.92. The van der Waals surface area contributed by atoms with Gasteiger partial charge in [0.1, 0.15) is 18.1 Å². The highest BCUT2D eigenvalue weighted by Crippen LogP contribution is 2.16. The first-order chi connectivity index (χ1) is 11.7. The summed E-state index contributed by atoms with van der Waals surface area (Å²) in [5.74, 6) is 0.598. The largest absolute Gasteiger partial charge is 0.487 e. The zero-order valence-corrected chi connectivity index (χ0v) is 14.6. The summed E-state index contributed by atoms with van der Waals surface area (Å²) < 4.78 is 14.0. The van der Waals surface area contributed by atoms with E-state index in [0.717, 1.165) is 31.0 Å². The van der Waals surface area contributed by atoms with Gasteiger partial charge in [0.05, 0.1) is 17.4 Å². The number of carbonyl (C=O) groups excluding carboxylic acids is 1. The molecular formula is C17H22N4O2S. The molecule has 1 aromatic carbocycles. The van der Waals surface area contributed by atoms with Gasteiger partial charge >= 0.3 is 0 Å². The zero-order valence-electron chi connectivity index (χ0n) is 13.8. The minimum atomic E-state index is -0.0637. The van der Waals surface area contributed by atoms with E-state index in [-0.39, 0.29) is 5.91 Å². The molecule has 128 valence electrons. The van der Waals surface area contributed by atoms with Crippen molar-refractivity contribution in [3.63, 3.8) is 0 Å². The van der Waals surface area contributed by atoms with Crippen LogP contribution in [0, 0.1) is 6.92 Å². The smallest absolute Gasteiger partial charge is 0.251 e. The Bertz CT molecular complexity index is 683. The molecule has 1 aromatic heterocycles. The van der Waals surface area contributed by atoms with Crippen LogP contribution in [0.1, 0.15) is 34.6 Å². The Morgan fingerprint density at radius 3 is 2.92 bits per heavy atom. The molecule has 1 fully saturated rings. The summed E-state index contributed by atoms with van der Waals surface area (Å²) in [6, 6.07) is 7.24. The van der Waals surface area contributed by atoms with Crippen molar-refractivity contribution in [3.05, 3.63) is 41.2 Å². The van der Waals surface area contributed by atoms with Crippen LogP contribution in [0.2, 0.25) is 0 Å². The van der Waals surface area contributed by atoms with E-state index in [1.54, 1.807) is 12.1 Å². The van der Waals surface area contributed by atoms with Crippen molar-refractivity contribution in [1.29, 1.82) is 0 Å². The first-order valence-electron chi connectivity index (χ1n) is 8.24. The summed E-state index contributed by atoms with van der Waals surface area (Å²) in [4.78, 5) is 14.6. The molecule has 7 heteroatoms. The Hall–Kier alpha value is -1.99. The Kier molecular flexibility index (Phi) is 5.77. The lowest BCUT2D eigenvalue weighted by Gasteiger charge is -2.14. The van der Waals surface area contributed by atoms with Crippen molar-refractivity contribution in [3.8, 4) is 5.75 Å². The van der Waals surface area contributed by atoms with Gasteiger partial charge < -0.3 is 15.0 Å². The maximum atomic E-state index is 12.3. The minimum Gasteiger partial charge on any atom is -0.487 e. The quantitative estimate of drug-likeness (QED) is 0.833. The molecule has 0 radical (unpaired) electrons. The van der Waals surface area contributed by atoms with Crippen molar-refractivity contribution in [2.24, 2.45) is 0 Å². The summed E-state index contributed by atoms with van der Waals surface area (Å²) in [6.07, 6.45) is 2.53. The van der Waals surface area contributed by atoms with E-state index in [9.17, 15) is 4.79 Å². The Morgan fingerprint density at radius 1 is 1.33 bits per heavy atom. The lowest BCUT2D eigenvalue weighted by atomic mass is 10.2. The van der Waals surface area contributed by atoms with Crippen molar-refractivity contribution in [2.75, 3.05) is 26.2 Å². The van der Waals surface area contributed by atoms with Gasteiger partial charge in [0, 0.05) is 18.7 Å². The third-order valence-electron chi connectivity index (χ3n) is 4.13. The van der Waals surface area contributed by atoms with E-state index >= 15 is 0 Å². The summed E-state index contributed by atoms with van der Waals surface area (Å²) in [5, 5.41) is 2.97. The van der Waals surface area contributed by atoms with E-state index < -0.39 is 0 Å². The van der Waals surface area contributed by atoms with Crippen molar-refractivity contribution < 1.29 is 9.53 Å². The maximum Gasteiger partial charge on any atom is 0.251 e. The van der Waals surface area contributed by atoms with Gasteiger partial charge in [-0.1, -0.05) is 6.07 Å². The number of nitrogens with one attached hydrogen (secondary N) is 1. The number of carbonyl (C=O) groups is 1. The molecule has 0 spiro atoms. The molecule has 2 aromatic rings. The first-order valence-corrected chi connectivity index (χ1v) is 8.97. The van der Waals surface area contributed by atoms with Gasteiger partial charge in [-0.15, -0.1) is 0 Å². The third kappa shape index (κ3) is 4.52. The number of amides is 1. The number of rotatable bonds is 7. The van der Waals surface area contributed by atoms with E-state index in [0.29, 0.717) is 24.5 Å². The summed E-state index contributed by atoms with van der Waals surface area (Å²) in [5.41, 5.74) is 2.33. The predicted molar refractivity (Wildman–Crippen MR) is 93.4 cm³/mol. The number of benzene rings is 1. The molecule has 0 unspecified atom stereocenters. The van der Waals surface area contributed by atoms with Crippen LogP contribution in [0.4, 0.5) is 0 Å². The predicted octanol–water partition coefficient (Wildman–Crippen LogP) is 2.25. The van der Waals surface area contributed by atoms with Crippen LogP contribution >= 0.6 is 11.7 Å². The van der Waals surface area contributed by atoms with E-state index in [4.69, 9.17) is 4.74 Å². The molecule has 1 saturated heterocycles. The SMILES string of the molecule is Cc1nsnc1COc1cccc(C(=O)NCCN2CCCC2)c1. The Balaban J connectivity index is 1.50. The van der Waals surface area contributed by atoms with E-state index in [1.807, 2.05) is 19.1 Å². The van der Waals surface area contributed by atoms with Crippen LogP contribution in [0.15, 0.2) is 24.3 Å². The average Bonchev–Trinajstić information content (AvgIpc) is 3.25. The van der Waals surface area contributed by atoms with Gasteiger partial charge in [0.2, 0.25) is 0 Å². The monoisotopic (exact) mass is 346 g/mol. The highest BCUT2D eigenvalue weighted by atomic mass is 32.1. The number of hydrogen-bond donors (Lipinski definition) is 1. The lowest BCUT2D eigenvalue weighted by molar-refractivity contribution is 0.0949. The number of hydrogen-bond acceptors (Lipinski definition) is 6. The summed E-state index contributed by atoms with van der Waals surface area (Å²) in [7, 11) is 0. The fourth-order valence-electron chi connectivity index (χ4n) is 2.70. The standard InChI is InChI=1S/C17H22N4O2S/c1-13-16(20-24-19-13)12-23-15-6-4-5-14(11-15)17(22)18-7-10-21-8-2-3-9-21/h4-6,11H,2-3,7-10,12H2,1H3,(H,18,22). The highest BCUT2D eigenvalue weighted by molar-refractivity contribution is 6.99. The highest BCUT2D eigenvalue weighted by Gasteiger charge is 2.12. The van der Waals surface area contributed by atoms with Crippen molar-refractivity contribution in [2.45, 2.75) is 26.4 Å². The van der Waals surface area contributed by atoms with Gasteiger partial charge in [-0.25, -0.2) is 0 Å². The van der Waals surface area contributed by atoms with Gasteiger partial charge in [-0.05, 0) is 51.1 Å². The molecule has 24 heavy (non-hydrogen) atoms. The molecule has 0 bridgehead atoms. The number of nitrogens with zero attached hydrogens (tertiary/aromatic N) is 3. The average molecular weight is 346 g/mol. The molecule has 1 aliphatic rings. The fraction of sp³-hybridized carbons (Fsp3) is 0.471. The molecule has 1 aliphatic heterocycles. The molecular weight excluding hydrogens is 324 g/mol. The second kappa shape index (κ2) is 8.21. The Morgan fingerprint density at radius 2 is 2.17 bits per heavy atom. The van der Waals surface area contributed by atoms with Gasteiger partial charge in [0.25, 0.3) is 5.91 Å². The zero-order chi connectivity index (χ0) is 16.8. The third-order valence-corrected chi connectivity index (χ3v) is 4.79. The van der Waals surface area contributed by atoms with E-state index in [1.165, 1.54) is 24.6 Å². The van der Waals surface area contributed by atoms with E-state index in [2.05, 4.69) is 19.0 Å². The molecule has 1 N–H and O–H groups in total. The number of aromatic nitrogens is 2. The lowest BCUT2D eigenvalue weighted by Crippen LogP contribution is -2.33. The Labute approximate surface area is 146 Å². The number of ether oxygens (including phenoxy) is 1. The summed E-state index contributed by atoms with van der Waals surface area (Å²) in [6.45, 7) is 6.15. The molecule has 0 aliphatic carbocycles. The van der Waals surface area contributed by atoms with Crippen LogP contribution in [-0.2, 0) is 6.61 Å². The fourth-order valence-corrected chi connectivity index (χ4v) is 3.25. The van der Waals surface area contributed by atoms with Crippen molar-refractivity contribution >= 4 is 17.6 Å². The van der Waals surface area contributed by atoms with Crippen molar-refractivity contribution in [1.82, 2.24) is 19.0 Å². The first kappa shape index (κ1) is 16.9. The molecule has 2 heterocycles. The van der Waals surface area contributed by atoms with Gasteiger partial charge in [0.15, 0.2) is 0 Å². The molecule has 0 saturated carbocycles. The molecule has 3 rings (SSSR count). The number of aryl methyl sites for hydroxylation is 1. The molecule has 0 atom stereocenters. The normalized spacial score (nSPS) is 14.7. The molecule has 1 amide bonds. The van der Waals surface area contributed by atoms with Crippen LogP contribution in [0.25, 0.3) is 0 Å². The second-order valence-corrected chi connectivity index (χ2v) is 6.45. The van der Waals surface area contributed by atoms with Crippen LogP contribution in [0.5, 0.6) is 5.75 Å². The number of likely N-dealkylation sites (tertiary alicyclic amines) is 1. The van der Waals surface area contributed by atoms with Gasteiger partial charge in [-0.2, -0.15) is 8.75 Å².